The third-order valence-corrected chi connectivity index (χ3v) is 5.35. The number of nitro benzene ring substituents is 1. The number of likely N-dealkylation sites (tertiary alicyclic amines) is 1. The second kappa shape index (κ2) is 8.47. The molecule has 1 aromatic rings. The number of benzene rings is 1. The average Bonchev–Trinajstić information content (AvgIpc) is 2.65. The van der Waals surface area contributed by atoms with E-state index in [0.29, 0.717) is 19.6 Å². The first-order valence-electron chi connectivity index (χ1n) is 9.17. The number of hydrogen-bond donors (Lipinski definition) is 1. The monoisotopic (exact) mass is 377 g/mol. The van der Waals surface area contributed by atoms with Gasteiger partial charge in [0, 0.05) is 31.3 Å². The first-order chi connectivity index (χ1) is 12.7. The Bertz CT molecular complexity index is 694. The van der Waals surface area contributed by atoms with Crippen LogP contribution in [0.2, 0.25) is 0 Å². The van der Waals surface area contributed by atoms with Gasteiger partial charge in [-0.05, 0) is 38.8 Å². The largest absolute Gasteiger partial charge is 0.480 e. The molecule has 1 aliphatic heterocycles. The van der Waals surface area contributed by atoms with Gasteiger partial charge in [-0.25, -0.2) is 0 Å². The van der Waals surface area contributed by atoms with Crippen LogP contribution in [-0.4, -0.2) is 63.9 Å². The summed E-state index contributed by atoms with van der Waals surface area (Å²) in [5.74, 6) is -0.856. The number of rotatable bonds is 7. The SMILES string of the molecule is CCN(CC(=O)O)C1CCN(C(=O)C(C)(C)c2ccc([N+](=O)[O-])cc2)CC1. The van der Waals surface area contributed by atoms with Crippen LogP contribution in [0.15, 0.2) is 24.3 Å². The fourth-order valence-electron chi connectivity index (χ4n) is 3.63. The van der Waals surface area contributed by atoms with E-state index in [-0.39, 0.29) is 24.2 Å². The van der Waals surface area contributed by atoms with E-state index in [0.717, 1.165) is 18.4 Å². The van der Waals surface area contributed by atoms with Gasteiger partial charge in [-0.1, -0.05) is 19.1 Å². The molecule has 0 aliphatic carbocycles. The molecule has 8 nitrogen and oxygen atoms in total. The number of carbonyl (C=O) groups is 2. The highest BCUT2D eigenvalue weighted by Crippen LogP contribution is 2.29. The van der Waals surface area contributed by atoms with E-state index in [1.807, 2.05) is 30.6 Å². The van der Waals surface area contributed by atoms with Gasteiger partial charge in [0.1, 0.15) is 0 Å². The number of aliphatic carboxylic acids is 1. The van der Waals surface area contributed by atoms with Crippen molar-refractivity contribution in [1.82, 2.24) is 9.80 Å². The Labute approximate surface area is 158 Å². The first-order valence-corrected chi connectivity index (χ1v) is 9.17. The average molecular weight is 377 g/mol. The molecule has 0 unspecified atom stereocenters. The number of carboxylic acid groups (broad SMARTS) is 1. The normalized spacial score (nSPS) is 15.8. The summed E-state index contributed by atoms with van der Waals surface area (Å²) < 4.78 is 0. The van der Waals surface area contributed by atoms with Crippen molar-refractivity contribution < 1.29 is 19.6 Å². The van der Waals surface area contributed by atoms with E-state index < -0.39 is 16.3 Å². The van der Waals surface area contributed by atoms with Gasteiger partial charge in [0.15, 0.2) is 0 Å². The summed E-state index contributed by atoms with van der Waals surface area (Å²) in [7, 11) is 0. The zero-order valence-corrected chi connectivity index (χ0v) is 16.1. The van der Waals surface area contributed by atoms with Crippen molar-refractivity contribution in [3.8, 4) is 0 Å². The highest BCUT2D eigenvalue weighted by molar-refractivity contribution is 5.87. The minimum atomic E-state index is -0.838. The second-order valence-electron chi connectivity index (χ2n) is 7.41. The molecule has 1 amide bonds. The van der Waals surface area contributed by atoms with Crippen LogP contribution >= 0.6 is 0 Å². The zero-order chi connectivity index (χ0) is 20.2. The van der Waals surface area contributed by atoms with Crippen LogP contribution in [0.1, 0.15) is 39.2 Å². The van der Waals surface area contributed by atoms with Crippen molar-refractivity contribution in [2.45, 2.75) is 45.1 Å². The lowest BCUT2D eigenvalue weighted by Crippen LogP contribution is -2.51. The number of likely N-dealkylation sites (N-methyl/N-ethyl adjacent to an activating group) is 1. The van der Waals surface area contributed by atoms with Gasteiger partial charge in [-0.3, -0.25) is 24.6 Å². The first kappa shape index (κ1) is 20.8. The molecule has 27 heavy (non-hydrogen) atoms. The van der Waals surface area contributed by atoms with Crippen molar-refractivity contribution in [3.63, 3.8) is 0 Å². The minimum absolute atomic E-state index is 0.000834. The molecule has 148 valence electrons. The number of carbonyl (C=O) groups excluding carboxylic acids is 1. The van der Waals surface area contributed by atoms with Gasteiger partial charge in [-0.2, -0.15) is 0 Å². The summed E-state index contributed by atoms with van der Waals surface area (Å²) in [6.45, 7) is 7.43. The Morgan fingerprint density at radius 2 is 1.81 bits per heavy atom. The number of carboxylic acids is 1. The van der Waals surface area contributed by atoms with E-state index >= 15 is 0 Å². The topological polar surface area (TPSA) is 104 Å². The summed E-state index contributed by atoms with van der Waals surface area (Å²) in [6.07, 6.45) is 1.48. The molecule has 1 aliphatic rings. The highest BCUT2D eigenvalue weighted by Gasteiger charge is 2.36. The Kier molecular flexibility index (Phi) is 6.54. The molecule has 1 fully saturated rings. The minimum Gasteiger partial charge on any atom is -0.480 e. The number of non-ortho nitro benzene ring substituents is 1. The Balaban J connectivity index is 2.03. The molecule has 0 bridgehead atoms. The van der Waals surface area contributed by atoms with Gasteiger partial charge >= 0.3 is 5.97 Å². The number of piperidine rings is 1. The fraction of sp³-hybridized carbons (Fsp3) is 0.579. The number of hydrogen-bond acceptors (Lipinski definition) is 5. The van der Waals surface area contributed by atoms with Gasteiger partial charge < -0.3 is 10.0 Å². The van der Waals surface area contributed by atoms with Gasteiger partial charge in [0.05, 0.1) is 16.9 Å². The molecule has 0 radical (unpaired) electrons. The van der Waals surface area contributed by atoms with Crippen LogP contribution < -0.4 is 0 Å². The third-order valence-electron chi connectivity index (χ3n) is 5.35. The third kappa shape index (κ3) is 4.82. The van der Waals surface area contributed by atoms with Crippen LogP contribution in [0.25, 0.3) is 0 Å². The molecular formula is C19H27N3O5. The van der Waals surface area contributed by atoms with Crippen molar-refractivity contribution in [1.29, 1.82) is 0 Å². The zero-order valence-electron chi connectivity index (χ0n) is 16.1. The van der Waals surface area contributed by atoms with E-state index in [1.165, 1.54) is 12.1 Å². The maximum atomic E-state index is 13.0. The van der Waals surface area contributed by atoms with Crippen molar-refractivity contribution >= 4 is 17.6 Å². The Hall–Kier alpha value is -2.48. The maximum Gasteiger partial charge on any atom is 0.317 e. The fourth-order valence-corrected chi connectivity index (χ4v) is 3.63. The van der Waals surface area contributed by atoms with Crippen molar-refractivity contribution in [2.75, 3.05) is 26.2 Å². The summed E-state index contributed by atoms with van der Waals surface area (Å²) >= 11 is 0. The van der Waals surface area contributed by atoms with Crippen molar-refractivity contribution in [3.05, 3.63) is 39.9 Å². The van der Waals surface area contributed by atoms with Crippen LogP contribution in [0.5, 0.6) is 0 Å². The van der Waals surface area contributed by atoms with E-state index in [2.05, 4.69) is 0 Å². The predicted molar refractivity (Wildman–Crippen MR) is 101 cm³/mol. The van der Waals surface area contributed by atoms with Gasteiger partial charge in [0.25, 0.3) is 5.69 Å². The lowest BCUT2D eigenvalue weighted by atomic mass is 9.82. The molecule has 1 aromatic carbocycles. The number of nitro groups is 1. The van der Waals surface area contributed by atoms with Crippen molar-refractivity contribution in [2.24, 2.45) is 0 Å². The predicted octanol–water partition coefficient (Wildman–Crippen LogP) is 2.27. The van der Waals surface area contributed by atoms with Crippen LogP contribution in [-0.2, 0) is 15.0 Å². The Morgan fingerprint density at radius 3 is 2.26 bits per heavy atom. The smallest absolute Gasteiger partial charge is 0.317 e. The molecule has 2 rings (SSSR count). The number of amides is 1. The van der Waals surface area contributed by atoms with Crippen LogP contribution in [0.4, 0.5) is 5.69 Å². The molecule has 1 saturated heterocycles. The van der Waals surface area contributed by atoms with Gasteiger partial charge in [-0.15, -0.1) is 0 Å². The van der Waals surface area contributed by atoms with Gasteiger partial charge in [0.2, 0.25) is 5.91 Å². The van der Waals surface area contributed by atoms with E-state index in [9.17, 15) is 19.7 Å². The summed E-state index contributed by atoms with van der Waals surface area (Å²) in [5.41, 5.74) is -0.0461. The van der Waals surface area contributed by atoms with Crippen LogP contribution in [0.3, 0.4) is 0 Å². The second-order valence-corrected chi connectivity index (χ2v) is 7.41. The highest BCUT2D eigenvalue weighted by atomic mass is 16.6. The molecule has 1 N–H and O–H groups in total. The lowest BCUT2D eigenvalue weighted by Gasteiger charge is -2.40. The standard InChI is InChI=1S/C19H27N3O5/c1-4-20(13-17(23)24)15-9-11-21(12-10-15)18(25)19(2,3)14-5-7-16(8-6-14)22(26)27/h5-8,15H,4,9-13H2,1-3H3,(H,23,24). The molecule has 1 heterocycles. The summed E-state index contributed by atoms with van der Waals surface area (Å²) in [5, 5.41) is 19.8. The van der Waals surface area contributed by atoms with E-state index in [4.69, 9.17) is 5.11 Å². The Morgan fingerprint density at radius 1 is 1.26 bits per heavy atom. The molecule has 0 spiro atoms. The maximum absolute atomic E-state index is 13.0. The molecule has 0 atom stereocenters. The molecule has 0 saturated carbocycles. The molecule has 0 aromatic heterocycles. The number of nitrogens with zero attached hydrogens (tertiary/aromatic N) is 3. The lowest BCUT2D eigenvalue weighted by molar-refractivity contribution is -0.384. The molecule has 8 heteroatoms. The summed E-state index contributed by atoms with van der Waals surface area (Å²) in [4.78, 5) is 38.1. The van der Waals surface area contributed by atoms with Crippen LogP contribution in [0, 0.1) is 10.1 Å². The summed E-state index contributed by atoms with van der Waals surface area (Å²) in [6, 6.07) is 6.27. The molecular weight excluding hydrogens is 350 g/mol. The quantitative estimate of drug-likeness (QED) is 0.577. The van der Waals surface area contributed by atoms with E-state index in [1.54, 1.807) is 12.1 Å².